The summed E-state index contributed by atoms with van der Waals surface area (Å²) in [7, 11) is 3.05. The molecule has 19 heavy (non-hydrogen) atoms. The normalized spacial score (nSPS) is 12.4. The third kappa shape index (κ3) is 2.77. The van der Waals surface area contributed by atoms with Crippen LogP contribution in [0.2, 0.25) is 0 Å². The van der Waals surface area contributed by atoms with E-state index < -0.39 is 11.9 Å². The number of methoxy groups -OCH3 is 2. The van der Waals surface area contributed by atoms with Gasteiger partial charge in [-0.05, 0) is 24.3 Å². The molecule has 0 aliphatic carbocycles. The van der Waals surface area contributed by atoms with Gasteiger partial charge in [-0.1, -0.05) is 6.07 Å². The lowest BCUT2D eigenvalue weighted by Gasteiger charge is -2.14. The van der Waals surface area contributed by atoms with E-state index in [0.29, 0.717) is 23.9 Å². The Morgan fingerprint density at radius 2 is 2.05 bits per heavy atom. The summed E-state index contributed by atoms with van der Waals surface area (Å²) in [6, 6.07) is 7.33. The Morgan fingerprint density at radius 3 is 2.74 bits per heavy atom. The lowest BCUT2D eigenvalue weighted by atomic mass is 10.0. The van der Waals surface area contributed by atoms with Gasteiger partial charge in [0.2, 0.25) is 0 Å². The van der Waals surface area contributed by atoms with E-state index in [4.69, 9.17) is 19.6 Å². The second-order valence-electron chi connectivity index (χ2n) is 4.07. The SMILES string of the molecule is COCc1ccc(C(N)c2c(F)cccc2OC)o1. The van der Waals surface area contributed by atoms with E-state index in [1.807, 2.05) is 0 Å². The molecule has 4 nitrogen and oxygen atoms in total. The molecule has 102 valence electrons. The smallest absolute Gasteiger partial charge is 0.132 e. The quantitative estimate of drug-likeness (QED) is 0.902. The fraction of sp³-hybridized carbons (Fsp3) is 0.286. The fourth-order valence-corrected chi connectivity index (χ4v) is 1.92. The second-order valence-corrected chi connectivity index (χ2v) is 4.07. The van der Waals surface area contributed by atoms with E-state index in [-0.39, 0.29) is 5.56 Å². The Morgan fingerprint density at radius 1 is 1.26 bits per heavy atom. The molecule has 1 aromatic heterocycles. The molecule has 2 rings (SSSR count). The van der Waals surface area contributed by atoms with E-state index in [2.05, 4.69) is 0 Å². The van der Waals surface area contributed by atoms with Gasteiger partial charge in [-0.15, -0.1) is 0 Å². The second kappa shape index (κ2) is 5.86. The number of halogens is 1. The average Bonchev–Trinajstić information content (AvgIpc) is 2.86. The molecule has 1 unspecified atom stereocenters. The molecule has 0 saturated heterocycles. The Labute approximate surface area is 110 Å². The predicted octanol–water partition coefficient (Wildman–Crippen LogP) is 2.62. The van der Waals surface area contributed by atoms with Crippen LogP contribution < -0.4 is 10.5 Å². The molecule has 0 bridgehead atoms. The Hall–Kier alpha value is -1.85. The van der Waals surface area contributed by atoms with Crippen LogP contribution in [0.4, 0.5) is 4.39 Å². The van der Waals surface area contributed by atoms with Crippen molar-refractivity contribution in [2.75, 3.05) is 14.2 Å². The van der Waals surface area contributed by atoms with Crippen molar-refractivity contribution in [3.05, 3.63) is 53.2 Å². The van der Waals surface area contributed by atoms with Crippen LogP contribution in [-0.2, 0) is 11.3 Å². The zero-order valence-corrected chi connectivity index (χ0v) is 10.9. The number of hydrogen-bond donors (Lipinski definition) is 1. The number of ether oxygens (including phenoxy) is 2. The maximum atomic E-state index is 13.9. The van der Waals surface area contributed by atoms with Crippen LogP contribution in [0.5, 0.6) is 5.75 Å². The Bertz CT molecular complexity index is 553. The van der Waals surface area contributed by atoms with Gasteiger partial charge in [0.25, 0.3) is 0 Å². The first-order valence-electron chi connectivity index (χ1n) is 5.83. The van der Waals surface area contributed by atoms with Gasteiger partial charge in [-0.2, -0.15) is 0 Å². The lowest BCUT2D eigenvalue weighted by Crippen LogP contribution is -2.14. The van der Waals surface area contributed by atoms with Crippen LogP contribution in [-0.4, -0.2) is 14.2 Å². The Kier molecular flexibility index (Phi) is 4.19. The molecule has 0 fully saturated rings. The van der Waals surface area contributed by atoms with Gasteiger partial charge in [0.05, 0.1) is 18.7 Å². The molecule has 0 aliphatic heterocycles. The summed E-state index contributed by atoms with van der Waals surface area (Å²) in [6.45, 7) is 0.348. The van der Waals surface area contributed by atoms with Crippen LogP contribution in [0.3, 0.4) is 0 Å². The first-order valence-corrected chi connectivity index (χ1v) is 5.83. The molecular weight excluding hydrogens is 249 g/mol. The van der Waals surface area contributed by atoms with Crippen LogP contribution >= 0.6 is 0 Å². The summed E-state index contributed by atoms with van der Waals surface area (Å²) in [4.78, 5) is 0. The van der Waals surface area contributed by atoms with Crippen molar-refractivity contribution in [2.45, 2.75) is 12.6 Å². The van der Waals surface area contributed by atoms with Crippen molar-refractivity contribution < 1.29 is 18.3 Å². The third-order valence-corrected chi connectivity index (χ3v) is 2.82. The van der Waals surface area contributed by atoms with Crippen molar-refractivity contribution in [3.8, 4) is 5.75 Å². The fourth-order valence-electron chi connectivity index (χ4n) is 1.92. The maximum absolute atomic E-state index is 13.9. The summed E-state index contributed by atoms with van der Waals surface area (Å²) in [5.74, 6) is 1.09. The predicted molar refractivity (Wildman–Crippen MR) is 68.4 cm³/mol. The minimum Gasteiger partial charge on any atom is -0.496 e. The molecule has 0 amide bonds. The summed E-state index contributed by atoms with van der Waals surface area (Å²) in [6.07, 6.45) is 0. The number of benzene rings is 1. The summed E-state index contributed by atoms with van der Waals surface area (Å²) >= 11 is 0. The van der Waals surface area contributed by atoms with Gasteiger partial charge in [0.1, 0.15) is 29.7 Å². The van der Waals surface area contributed by atoms with E-state index >= 15 is 0 Å². The summed E-state index contributed by atoms with van der Waals surface area (Å²) in [5, 5.41) is 0. The summed E-state index contributed by atoms with van der Waals surface area (Å²) in [5.41, 5.74) is 6.33. The lowest BCUT2D eigenvalue weighted by molar-refractivity contribution is 0.162. The maximum Gasteiger partial charge on any atom is 0.132 e. The van der Waals surface area contributed by atoms with Gasteiger partial charge in [0, 0.05) is 7.11 Å². The first kappa shape index (κ1) is 13.6. The molecule has 1 heterocycles. The van der Waals surface area contributed by atoms with Gasteiger partial charge in [-0.25, -0.2) is 4.39 Å². The van der Waals surface area contributed by atoms with Gasteiger partial charge < -0.3 is 19.6 Å². The van der Waals surface area contributed by atoms with Crippen molar-refractivity contribution in [1.29, 1.82) is 0 Å². The van der Waals surface area contributed by atoms with E-state index in [1.165, 1.54) is 13.2 Å². The largest absolute Gasteiger partial charge is 0.496 e. The Balaban J connectivity index is 2.35. The van der Waals surface area contributed by atoms with E-state index in [1.54, 1.807) is 31.4 Å². The molecule has 0 aliphatic rings. The standard InChI is InChI=1S/C14H16FNO3/c1-17-8-9-6-7-12(19-9)14(16)13-10(15)4-3-5-11(13)18-2/h3-7,14H,8,16H2,1-2H3. The molecule has 0 saturated carbocycles. The third-order valence-electron chi connectivity index (χ3n) is 2.82. The zero-order chi connectivity index (χ0) is 13.8. The minimum absolute atomic E-state index is 0.281. The number of furan rings is 1. The molecule has 2 N–H and O–H groups in total. The van der Waals surface area contributed by atoms with E-state index in [0.717, 1.165) is 0 Å². The van der Waals surface area contributed by atoms with Crippen LogP contribution in [0.25, 0.3) is 0 Å². The van der Waals surface area contributed by atoms with Crippen molar-refractivity contribution in [1.82, 2.24) is 0 Å². The molecule has 2 aromatic rings. The number of rotatable bonds is 5. The van der Waals surface area contributed by atoms with E-state index in [9.17, 15) is 4.39 Å². The van der Waals surface area contributed by atoms with Crippen molar-refractivity contribution in [3.63, 3.8) is 0 Å². The highest BCUT2D eigenvalue weighted by Gasteiger charge is 2.21. The highest BCUT2D eigenvalue weighted by molar-refractivity contribution is 5.40. The summed E-state index contributed by atoms with van der Waals surface area (Å²) < 4.78 is 29.5. The highest BCUT2D eigenvalue weighted by Crippen LogP contribution is 2.31. The molecule has 5 heteroatoms. The van der Waals surface area contributed by atoms with Crippen molar-refractivity contribution in [2.24, 2.45) is 5.73 Å². The molecule has 0 spiro atoms. The zero-order valence-electron chi connectivity index (χ0n) is 10.9. The minimum atomic E-state index is -0.721. The topological polar surface area (TPSA) is 57.6 Å². The average molecular weight is 265 g/mol. The van der Waals surface area contributed by atoms with Crippen LogP contribution in [0.1, 0.15) is 23.1 Å². The van der Waals surface area contributed by atoms with Crippen LogP contribution in [0.15, 0.2) is 34.7 Å². The number of hydrogen-bond acceptors (Lipinski definition) is 4. The van der Waals surface area contributed by atoms with Gasteiger partial charge >= 0.3 is 0 Å². The molecular formula is C14H16FNO3. The van der Waals surface area contributed by atoms with Crippen molar-refractivity contribution >= 4 is 0 Å². The van der Waals surface area contributed by atoms with Gasteiger partial charge in [0.15, 0.2) is 0 Å². The molecule has 1 atom stereocenters. The van der Waals surface area contributed by atoms with Crippen LogP contribution in [0, 0.1) is 5.82 Å². The number of nitrogens with two attached hydrogens (primary N) is 1. The molecule has 0 radical (unpaired) electrons. The monoisotopic (exact) mass is 265 g/mol. The first-order chi connectivity index (χ1) is 9.17. The van der Waals surface area contributed by atoms with Gasteiger partial charge in [-0.3, -0.25) is 0 Å². The molecule has 1 aromatic carbocycles. The highest BCUT2D eigenvalue weighted by atomic mass is 19.1.